The monoisotopic (exact) mass is 514 g/mol. The molecule has 0 spiro atoms. The Morgan fingerprint density at radius 2 is 1.91 bits per heavy atom. The summed E-state index contributed by atoms with van der Waals surface area (Å²) in [6.45, 7) is 2.04. The zero-order valence-corrected chi connectivity index (χ0v) is 20.4. The van der Waals surface area contributed by atoms with Crippen molar-refractivity contribution in [3.8, 4) is 22.7 Å². The van der Waals surface area contributed by atoms with Crippen LogP contribution in [0.1, 0.15) is 22.5 Å². The van der Waals surface area contributed by atoms with Crippen LogP contribution in [0.4, 0.5) is 0 Å². The van der Waals surface area contributed by atoms with Crippen LogP contribution < -0.4 is 10.2 Å². The molecule has 174 valence electrons. The summed E-state index contributed by atoms with van der Waals surface area (Å²) in [7, 11) is 0. The fraction of sp³-hybridized carbons (Fsp3) is 0.280. The summed E-state index contributed by atoms with van der Waals surface area (Å²) in [4.78, 5) is 13.5. The van der Waals surface area contributed by atoms with Gasteiger partial charge in [-0.1, -0.05) is 47.0 Å². The molecule has 0 bridgehead atoms. The van der Waals surface area contributed by atoms with Crippen LogP contribution in [0.25, 0.3) is 16.9 Å². The lowest BCUT2D eigenvalue weighted by Crippen LogP contribution is -2.41. The third-order valence-electron chi connectivity index (χ3n) is 6.72. The molecule has 3 heterocycles. The zero-order chi connectivity index (χ0) is 23.4. The summed E-state index contributed by atoms with van der Waals surface area (Å²) < 4.78 is 7.71. The maximum Gasteiger partial charge on any atom is 0.286 e. The first kappa shape index (κ1) is 22.0. The first-order valence-corrected chi connectivity index (χ1v) is 12.3. The fourth-order valence-corrected chi connectivity index (χ4v) is 5.78. The van der Waals surface area contributed by atoms with E-state index in [-0.39, 0.29) is 5.91 Å². The van der Waals surface area contributed by atoms with Crippen molar-refractivity contribution in [2.75, 3.05) is 19.7 Å². The second kappa shape index (κ2) is 8.61. The summed E-state index contributed by atoms with van der Waals surface area (Å²) in [5.41, 5.74) is 6.45. The molecule has 6 rings (SSSR count). The van der Waals surface area contributed by atoms with Gasteiger partial charge >= 0.3 is 0 Å². The van der Waals surface area contributed by atoms with Crippen LogP contribution in [-0.4, -0.2) is 40.4 Å². The van der Waals surface area contributed by atoms with Crippen molar-refractivity contribution in [1.82, 2.24) is 20.2 Å². The van der Waals surface area contributed by atoms with Gasteiger partial charge < -0.3 is 4.74 Å². The van der Waals surface area contributed by atoms with Gasteiger partial charge in [0.25, 0.3) is 5.91 Å². The molecule has 6 nitrogen and oxygen atoms in total. The number of allylic oxidation sites excluding steroid dienone is 1. The number of ether oxygens (including phenoxy) is 1. The second-order valence-electron chi connectivity index (χ2n) is 8.86. The Morgan fingerprint density at radius 1 is 1.09 bits per heavy atom. The molecular formula is C25H21Cl3N4O2. The van der Waals surface area contributed by atoms with E-state index in [0.29, 0.717) is 57.1 Å². The number of carbonyl (C=O) groups is 1. The van der Waals surface area contributed by atoms with Crippen LogP contribution in [-0.2, 0) is 6.42 Å². The smallest absolute Gasteiger partial charge is 0.286 e. The normalized spacial score (nSPS) is 20.9. The molecule has 1 aliphatic carbocycles. The molecule has 1 N–H and O–H groups in total. The zero-order valence-electron chi connectivity index (χ0n) is 18.1. The van der Waals surface area contributed by atoms with Crippen molar-refractivity contribution in [1.29, 1.82) is 0 Å². The van der Waals surface area contributed by atoms with Crippen LogP contribution in [0, 0.1) is 11.8 Å². The minimum atomic E-state index is -0.235. The Balaban J connectivity index is 1.45. The van der Waals surface area contributed by atoms with Gasteiger partial charge in [0.05, 0.1) is 23.0 Å². The molecule has 0 saturated carbocycles. The van der Waals surface area contributed by atoms with Crippen LogP contribution in [0.2, 0.25) is 15.1 Å². The molecule has 0 radical (unpaired) electrons. The number of amides is 1. The lowest BCUT2D eigenvalue weighted by Gasteiger charge is -2.17. The summed E-state index contributed by atoms with van der Waals surface area (Å²) in [5, 5.41) is 8.31. The second-order valence-corrected chi connectivity index (χ2v) is 10.1. The lowest BCUT2D eigenvalue weighted by atomic mass is 10.0. The molecule has 1 amide bonds. The Hall–Kier alpha value is -2.51. The SMILES string of the molecule is O=C(NN1CC2C=CCC2C1)c1nn(-c2ccc(Cl)cc2Cl)c2c1CCOc1cc(Cl)ccc1-2. The van der Waals surface area contributed by atoms with E-state index in [1.54, 1.807) is 35.0 Å². The number of aromatic nitrogens is 2. The highest BCUT2D eigenvalue weighted by atomic mass is 35.5. The predicted octanol–water partition coefficient (Wildman–Crippen LogP) is 5.59. The standard InChI is InChI=1S/C25H21Cl3N4O2/c26-16-5-7-21(20(28)10-16)32-24-18-6-4-17(27)11-22(18)34-9-8-19(24)23(29-32)25(33)30-31-12-14-2-1-3-15(14)13-31/h1-2,4-7,10-11,14-15H,3,8-9,12-13H2,(H,30,33). The van der Waals surface area contributed by atoms with Crippen molar-refractivity contribution in [2.24, 2.45) is 11.8 Å². The molecule has 2 aromatic carbocycles. The largest absolute Gasteiger partial charge is 0.492 e. The lowest BCUT2D eigenvalue weighted by molar-refractivity contribution is 0.0811. The van der Waals surface area contributed by atoms with Crippen molar-refractivity contribution in [3.05, 3.63) is 74.9 Å². The molecule has 3 aliphatic rings. The van der Waals surface area contributed by atoms with Crippen molar-refractivity contribution >= 4 is 40.7 Å². The van der Waals surface area contributed by atoms with Crippen LogP contribution >= 0.6 is 34.8 Å². The highest BCUT2D eigenvalue weighted by molar-refractivity contribution is 6.35. The van der Waals surface area contributed by atoms with E-state index >= 15 is 0 Å². The molecule has 2 unspecified atom stereocenters. The maximum atomic E-state index is 13.5. The van der Waals surface area contributed by atoms with Gasteiger partial charge in [0.1, 0.15) is 5.75 Å². The van der Waals surface area contributed by atoms with Gasteiger partial charge in [-0.3, -0.25) is 10.2 Å². The van der Waals surface area contributed by atoms with Gasteiger partial charge in [0.2, 0.25) is 0 Å². The predicted molar refractivity (Wildman–Crippen MR) is 133 cm³/mol. The molecule has 1 fully saturated rings. The maximum absolute atomic E-state index is 13.5. The van der Waals surface area contributed by atoms with Crippen LogP contribution in [0.15, 0.2) is 48.6 Å². The number of hydrazine groups is 1. The van der Waals surface area contributed by atoms with E-state index in [4.69, 9.17) is 44.6 Å². The first-order chi connectivity index (χ1) is 16.5. The molecule has 3 aromatic rings. The Bertz CT molecular complexity index is 1340. The third-order valence-corrected chi connectivity index (χ3v) is 7.49. The van der Waals surface area contributed by atoms with Crippen LogP contribution in [0.3, 0.4) is 0 Å². The topological polar surface area (TPSA) is 59.4 Å². The van der Waals surface area contributed by atoms with Gasteiger partial charge in [-0.15, -0.1) is 0 Å². The summed E-state index contributed by atoms with van der Waals surface area (Å²) in [6, 6.07) is 10.7. The van der Waals surface area contributed by atoms with E-state index < -0.39 is 0 Å². The number of rotatable bonds is 3. The number of hydrogen-bond acceptors (Lipinski definition) is 4. The number of fused-ring (bicyclic) bond motifs is 4. The Morgan fingerprint density at radius 3 is 2.74 bits per heavy atom. The number of carbonyl (C=O) groups excluding carboxylic acids is 1. The van der Waals surface area contributed by atoms with Gasteiger partial charge in [-0.25, -0.2) is 9.69 Å². The molecule has 34 heavy (non-hydrogen) atoms. The summed E-state index contributed by atoms with van der Waals surface area (Å²) in [6.07, 6.45) is 6.06. The quantitative estimate of drug-likeness (QED) is 0.462. The molecule has 2 atom stereocenters. The number of benzene rings is 2. The highest BCUT2D eigenvalue weighted by Crippen LogP contribution is 2.41. The van der Waals surface area contributed by atoms with Gasteiger partial charge in [0, 0.05) is 40.7 Å². The van der Waals surface area contributed by atoms with E-state index in [9.17, 15) is 4.79 Å². The van der Waals surface area contributed by atoms with E-state index in [2.05, 4.69) is 17.6 Å². The number of halogens is 3. The Kier molecular flexibility index (Phi) is 5.57. The molecule has 1 aromatic heterocycles. The minimum Gasteiger partial charge on any atom is -0.492 e. The van der Waals surface area contributed by atoms with Gasteiger partial charge in [0.15, 0.2) is 5.69 Å². The van der Waals surface area contributed by atoms with E-state index in [0.717, 1.165) is 36.3 Å². The highest BCUT2D eigenvalue weighted by Gasteiger charge is 2.35. The first-order valence-electron chi connectivity index (χ1n) is 11.2. The molecule has 1 saturated heterocycles. The van der Waals surface area contributed by atoms with E-state index in [1.165, 1.54) is 0 Å². The summed E-state index contributed by atoms with van der Waals surface area (Å²) >= 11 is 18.9. The van der Waals surface area contributed by atoms with Crippen LogP contribution in [0.5, 0.6) is 5.75 Å². The molecule has 2 aliphatic heterocycles. The average molecular weight is 516 g/mol. The van der Waals surface area contributed by atoms with Crippen molar-refractivity contribution in [3.63, 3.8) is 0 Å². The van der Waals surface area contributed by atoms with Gasteiger partial charge in [-0.05, 0) is 54.7 Å². The number of nitrogens with zero attached hydrogens (tertiary/aromatic N) is 3. The average Bonchev–Trinajstić information content (AvgIpc) is 3.45. The number of nitrogens with one attached hydrogen (secondary N) is 1. The van der Waals surface area contributed by atoms with E-state index in [1.807, 2.05) is 11.1 Å². The third kappa shape index (κ3) is 3.79. The minimum absolute atomic E-state index is 0.235. The molecular weight excluding hydrogens is 495 g/mol. The Labute approximate surface area is 212 Å². The van der Waals surface area contributed by atoms with Crippen molar-refractivity contribution < 1.29 is 9.53 Å². The van der Waals surface area contributed by atoms with Crippen molar-refractivity contribution in [2.45, 2.75) is 12.8 Å². The van der Waals surface area contributed by atoms with Gasteiger partial charge in [-0.2, -0.15) is 5.10 Å². The fourth-order valence-electron chi connectivity index (χ4n) is 5.13. The number of hydrogen-bond donors (Lipinski definition) is 1. The molecule has 9 heteroatoms. The summed E-state index contributed by atoms with van der Waals surface area (Å²) in [5.74, 6) is 1.46.